The Kier molecular flexibility index (Phi) is 7.20. The first-order valence-corrected chi connectivity index (χ1v) is 5.39. The topological polar surface area (TPSA) is 41.6 Å². The van der Waals surface area contributed by atoms with Gasteiger partial charge in [0.05, 0.1) is 6.61 Å². The first kappa shape index (κ1) is 13.2. The fourth-order valence-electron chi connectivity index (χ4n) is 1.32. The standard InChI is InChI=1S/C8H16N2O2.C2H6/c1-3-12-8(11)10-5-4-9-6-7(10)2;1-2/h7,9H,3-6H2,1-2H3;1-2H3. The van der Waals surface area contributed by atoms with Crippen molar-refractivity contribution in [2.75, 3.05) is 26.2 Å². The van der Waals surface area contributed by atoms with Gasteiger partial charge in [0.25, 0.3) is 0 Å². The molecular formula is C10H22N2O2. The fourth-order valence-corrected chi connectivity index (χ4v) is 1.32. The highest BCUT2D eigenvalue weighted by Gasteiger charge is 2.23. The van der Waals surface area contributed by atoms with Crippen molar-refractivity contribution in [2.45, 2.75) is 33.7 Å². The normalized spacial score (nSPS) is 20.9. The second-order valence-electron chi connectivity index (χ2n) is 2.95. The minimum Gasteiger partial charge on any atom is -0.450 e. The van der Waals surface area contributed by atoms with Gasteiger partial charge in [-0.2, -0.15) is 0 Å². The molecule has 0 saturated carbocycles. The van der Waals surface area contributed by atoms with E-state index in [4.69, 9.17) is 4.74 Å². The molecule has 1 saturated heterocycles. The van der Waals surface area contributed by atoms with Crippen LogP contribution in [0.4, 0.5) is 4.79 Å². The monoisotopic (exact) mass is 202 g/mol. The van der Waals surface area contributed by atoms with Crippen molar-refractivity contribution in [3.63, 3.8) is 0 Å². The molecule has 0 radical (unpaired) electrons. The third kappa shape index (κ3) is 3.96. The number of rotatable bonds is 1. The lowest BCUT2D eigenvalue weighted by molar-refractivity contribution is 0.0852. The maximum absolute atomic E-state index is 11.3. The van der Waals surface area contributed by atoms with Crippen LogP contribution in [-0.2, 0) is 4.74 Å². The van der Waals surface area contributed by atoms with Gasteiger partial charge in [0, 0.05) is 25.7 Å². The lowest BCUT2D eigenvalue weighted by atomic mass is 10.2. The molecule has 0 bridgehead atoms. The lowest BCUT2D eigenvalue weighted by Gasteiger charge is -2.32. The first-order chi connectivity index (χ1) is 6.75. The zero-order valence-corrected chi connectivity index (χ0v) is 9.67. The fraction of sp³-hybridized carbons (Fsp3) is 0.900. The Balaban J connectivity index is 0.000000791. The quantitative estimate of drug-likeness (QED) is 0.700. The van der Waals surface area contributed by atoms with E-state index in [1.807, 2.05) is 27.7 Å². The van der Waals surface area contributed by atoms with Crippen molar-refractivity contribution in [1.82, 2.24) is 10.2 Å². The zero-order chi connectivity index (χ0) is 11.0. The largest absolute Gasteiger partial charge is 0.450 e. The Labute approximate surface area is 86.6 Å². The van der Waals surface area contributed by atoms with E-state index in [0.29, 0.717) is 6.61 Å². The van der Waals surface area contributed by atoms with Crippen LogP contribution in [0.3, 0.4) is 0 Å². The Morgan fingerprint density at radius 3 is 2.71 bits per heavy atom. The molecule has 14 heavy (non-hydrogen) atoms. The minimum absolute atomic E-state index is 0.188. The van der Waals surface area contributed by atoms with Crippen LogP contribution < -0.4 is 5.32 Å². The molecule has 1 aliphatic rings. The number of hydrogen-bond acceptors (Lipinski definition) is 3. The molecular weight excluding hydrogens is 180 g/mol. The molecule has 84 valence electrons. The van der Waals surface area contributed by atoms with Crippen LogP contribution >= 0.6 is 0 Å². The number of amides is 1. The predicted octanol–water partition coefficient (Wildman–Crippen LogP) is 1.46. The molecule has 1 amide bonds. The summed E-state index contributed by atoms with van der Waals surface area (Å²) in [6, 6.07) is 0.248. The van der Waals surface area contributed by atoms with E-state index < -0.39 is 0 Å². The summed E-state index contributed by atoms with van der Waals surface area (Å²) in [5.41, 5.74) is 0. The van der Waals surface area contributed by atoms with Gasteiger partial charge in [0.15, 0.2) is 0 Å². The Bertz CT molecular complexity index is 162. The number of nitrogens with one attached hydrogen (secondary N) is 1. The molecule has 0 spiro atoms. The SMILES string of the molecule is CC.CCOC(=O)N1CCNCC1C. The summed E-state index contributed by atoms with van der Waals surface area (Å²) in [6.07, 6.45) is -0.188. The second-order valence-corrected chi connectivity index (χ2v) is 2.95. The smallest absolute Gasteiger partial charge is 0.410 e. The summed E-state index contributed by atoms with van der Waals surface area (Å²) < 4.78 is 4.91. The number of carbonyl (C=O) groups is 1. The van der Waals surface area contributed by atoms with Crippen molar-refractivity contribution in [1.29, 1.82) is 0 Å². The second kappa shape index (κ2) is 7.62. The molecule has 1 unspecified atom stereocenters. The van der Waals surface area contributed by atoms with Gasteiger partial charge in [-0.05, 0) is 13.8 Å². The van der Waals surface area contributed by atoms with Crippen molar-refractivity contribution >= 4 is 6.09 Å². The van der Waals surface area contributed by atoms with E-state index in [1.54, 1.807) is 4.90 Å². The highest BCUT2D eigenvalue weighted by Crippen LogP contribution is 2.04. The van der Waals surface area contributed by atoms with Crippen molar-refractivity contribution in [2.24, 2.45) is 0 Å². The van der Waals surface area contributed by atoms with Gasteiger partial charge in [-0.3, -0.25) is 0 Å². The average Bonchev–Trinajstić information content (AvgIpc) is 2.22. The summed E-state index contributed by atoms with van der Waals surface area (Å²) in [5, 5.41) is 3.21. The first-order valence-electron chi connectivity index (χ1n) is 5.39. The maximum Gasteiger partial charge on any atom is 0.410 e. The number of carbonyl (C=O) groups excluding carboxylic acids is 1. The number of nitrogens with zero attached hydrogens (tertiary/aromatic N) is 1. The molecule has 1 heterocycles. The molecule has 1 atom stereocenters. The van der Waals surface area contributed by atoms with E-state index in [1.165, 1.54) is 0 Å². The van der Waals surface area contributed by atoms with Crippen LogP contribution in [0.2, 0.25) is 0 Å². The van der Waals surface area contributed by atoms with Crippen LogP contribution in [0.15, 0.2) is 0 Å². The van der Waals surface area contributed by atoms with Crippen LogP contribution in [-0.4, -0.2) is 43.3 Å². The van der Waals surface area contributed by atoms with E-state index in [2.05, 4.69) is 5.32 Å². The minimum atomic E-state index is -0.188. The molecule has 1 N–H and O–H groups in total. The maximum atomic E-state index is 11.3. The van der Waals surface area contributed by atoms with E-state index in [9.17, 15) is 4.79 Å². The van der Waals surface area contributed by atoms with Crippen molar-refractivity contribution in [3.05, 3.63) is 0 Å². The van der Waals surface area contributed by atoms with Gasteiger partial charge in [0.2, 0.25) is 0 Å². The summed E-state index contributed by atoms with van der Waals surface area (Å²) in [7, 11) is 0. The van der Waals surface area contributed by atoms with Crippen molar-refractivity contribution in [3.8, 4) is 0 Å². The third-order valence-electron chi connectivity index (χ3n) is 2.00. The van der Waals surface area contributed by atoms with Gasteiger partial charge in [-0.25, -0.2) is 4.79 Å². The zero-order valence-electron chi connectivity index (χ0n) is 9.67. The molecule has 1 aliphatic heterocycles. The molecule has 0 aromatic rings. The van der Waals surface area contributed by atoms with Crippen LogP contribution in [0.5, 0.6) is 0 Å². The highest BCUT2D eigenvalue weighted by atomic mass is 16.6. The van der Waals surface area contributed by atoms with Gasteiger partial charge in [-0.15, -0.1) is 0 Å². The summed E-state index contributed by atoms with van der Waals surface area (Å²) in [6.45, 7) is 10.8. The molecule has 0 aliphatic carbocycles. The van der Waals surface area contributed by atoms with Gasteiger partial charge >= 0.3 is 6.09 Å². The Hall–Kier alpha value is -0.770. The lowest BCUT2D eigenvalue weighted by Crippen LogP contribution is -2.52. The molecule has 0 aromatic carbocycles. The highest BCUT2D eigenvalue weighted by molar-refractivity contribution is 5.68. The third-order valence-corrected chi connectivity index (χ3v) is 2.00. The van der Waals surface area contributed by atoms with E-state index in [-0.39, 0.29) is 12.1 Å². The number of piperazine rings is 1. The predicted molar refractivity (Wildman–Crippen MR) is 57.4 cm³/mol. The van der Waals surface area contributed by atoms with Crippen LogP contribution in [0, 0.1) is 0 Å². The summed E-state index contributed by atoms with van der Waals surface area (Å²) in [4.78, 5) is 13.0. The molecule has 4 heteroatoms. The summed E-state index contributed by atoms with van der Waals surface area (Å²) in [5.74, 6) is 0. The molecule has 4 nitrogen and oxygen atoms in total. The molecule has 0 aromatic heterocycles. The van der Waals surface area contributed by atoms with Crippen LogP contribution in [0.1, 0.15) is 27.7 Å². The Morgan fingerprint density at radius 2 is 2.21 bits per heavy atom. The molecule has 1 fully saturated rings. The molecule has 1 rings (SSSR count). The van der Waals surface area contributed by atoms with Gasteiger partial charge in [-0.1, -0.05) is 13.8 Å². The van der Waals surface area contributed by atoms with Crippen LogP contribution in [0.25, 0.3) is 0 Å². The van der Waals surface area contributed by atoms with E-state index in [0.717, 1.165) is 19.6 Å². The Morgan fingerprint density at radius 1 is 1.57 bits per heavy atom. The van der Waals surface area contributed by atoms with Crippen molar-refractivity contribution < 1.29 is 9.53 Å². The number of ether oxygens (including phenoxy) is 1. The summed E-state index contributed by atoms with van der Waals surface area (Å²) >= 11 is 0. The number of hydrogen-bond donors (Lipinski definition) is 1. The van der Waals surface area contributed by atoms with E-state index >= 15 is 0 Å². The average molecular weight is 202 g/mol. The van der Waals surface area contributed by atoms with Gasteiger partial charge < -0.3 is 15.0 Å². The van der Waals surface area contributed by atoms with Gasteiger partial charge in [0.1, 0.15) is 0 Å².